The first-order valence-corrected chi connectivity index (χ1v) is 7.68. The summed E-state index contributed by atoms with van der Waals surface area (Å²) >= 11 is 6.44. The largest absolute Gasteiger partial charge is 0.497 e. The quantitative estimate of drug-likeness (QED) is 0.506. The fraction of sp³-hybridized carbons (Fsp3) is 0.286. The molecular formula is C14H14ClN3O3S. The molecule has 1 aromatic carbocycles. The van der Waals surface area contributed by atoms with Crippen LogP contribution in [-0.2, 0) is 9.59 Å². The van der Waals surface area contributed by atoms with Crippen LogP contribution in [0.15, 0.2) is 34.5 Å². The Morgan fingerprint density at radius 3 is 2.68 bits per heavy atom. The van der Waals surface area contributed by atoms with Crippen LogP contribution in [0.2, 0.25) is 0 Å². The molecule has 0 saturated carbocycles. The summed E-state index contributed by atoms with van der Waals surface area (Å²) < 4.78 is 5.09. The topological polar surface area (TPSA) is 80.1 Å². The van der Waals surface area contributed by atoms with E-state index in [0.717, 1.165) is 23.1 Å². The summed E-state index contributed by atoms with van der Waals surface area (Å²) in [6, 6.07) is 7.39. The van der Waals surface area contributed by atoms with Gasteiger partial charge in [-0.05, 0) is 48.4 Å². The Morgan fingerprint density at radius 2 is 2.09 bits per heavy atom. The number of nitrogens with one attached hydrogen (secondary N) is 1. The second-order valence-corrected chi connectivity index (χ2v) is 6.09. The van der Waals surface area contributed by atoms with Crippen LogP contribution in [0.3, 0.4) is 0 Å². The lowest BCUT2D eigenvalue weighted by molar-refractivity contribution is -0.121. The number of hydrogen-bond donors (Lipinski definition) is 1. The van der Waals surface area contributed by atoms with Gasteiger partial charge in [0.05, 0.1) is 18.1 Å². The van der Waals surface area contributed by atoms with Crippen molar-refractivity contribution in [3.63, 3.8) is 0 Å². The zero-order valence-corrected chi connectivity index (χ0v) is 13.6. The van der Waals surface area contributed by atoms with Crippen LogP contribution in [0, 0.1) is 0 Å². The van der Waals surface area contributed by atoms with Gasteiger partial charge in [0.1, 0.15) is 5.75 Å². The maximum atomic E-state index is 11.6. The second-order valence-electron chi connectivity index (χ2n) is 4.47. The lowest BCUT2D eigenvalue weighted by Crippen LogP contribution is -2.25. The van der Waals surface area contributed by atoms with Crippen molar-refractivity contribution in [1.29, 1.82) is 0 Å². The van der Waals surface area contributed by atoms with E-state index in [9.17, 15) is 9.59 Å². The van der Waals surface area contributed by atoms with E-state index in [1.165, 1.54) is 0 Å². The van der Waals surface area contributed by atoms with E-state index >= 15 is 0 Å². The molecule has 6 nitrogen and oxygen atoms in total. The van der Waals surface area contributed by atoms with Crippen LogP contribution in [0.25, 0.3) is 0 Å². The van der Waals surface area contributed by atoms with Gasteiger partial charge in [0, 0.05) is 6.42 Å². The first-order valence-electron chi connectivity index (χ1n) is 6.42. The molecule has 1 unspecified atom stereocenters. The Hall–Kier alpha value is -1.86. The van der Waals surface area contributed by atoms with Gasteiger partial charge in [0.2, 0.25) is 11.1 Å². The minimum Gasteiger partial charge on any atom is -0.497 e. The van der Waals surface area contributed by atoms with Crippen molar-refractivity contribution < 1.29 is 14.3 Å². The number of amidine groups is 1. The number of benzene rings is 1. The molecular weight excluding hydrogens is 326 g/mol. The minimum atomic E-state index is -0.549. The van der Waals surface area contributed by atoms with Crippen LogP contribution >= 0.6 is 23.4 Å². The van der Waals surface area contributed by atoms with E-state index in [1.807, 2.05) is 31.2 Å². The monoisotopic (exact) mass is 339 g/mol. The van der Waals surface area contributed by atoms with Crippen molar-refractivity contribution in [1.82, 2.24) is 5.32 Å². The van der Waals surface area contributed by atoms with Crippen LogP contribution in [0.5, 0.6) is 5.75 Å². The number of ether oxygens (including phenoxy) is 1. The van der Waals surface area contributed by atoms with E-state index < -0.39 is 10.5 Å². The third-order valence-electron chi connectivity index (χ3n) is 2.92. The molecule has 1 N–H and O–H groups in total. The van der Waals surface area contributed by atoms with Gasteiger partial charge in [-0.2, -0.15) is 5.10 Å². The van der Waals surface area contributed by atoms with Crippen LogP contribution < -0.4 is 10.1 Å². The number of amides is 1. The number of nitrogens with zero attached hydrogens (tertiary/aromatic N) is 2. The molecule has 1 atom stereocenters. The number of thioether (sulfide) groups is 1. The Kier molecular flexibility index (Phi) is 5.57. The fourth-order valence-electron chi connectivity index (χ4n) is 1.74. The molecule has 116 valence electrons. The Bertz CT molecular complexity index is 643. The SMILES string of the molecule is COc1ccc(/C(C)=N/N=C2/NC(=O)C(CC(=O)Cl)S2)cc1. The number of hydrogen-bond acceptors (Lipinski definition) is 6. The lowest BCUT2D eigenvalue weighted by atomic mass is 10.1. The number of carbonyl (C=O) groups excluding carboxylic acids is 2. The van der Waals surface area contributed by atoms with Crippen LogP contribution in [0.1, 0.15) is 18.9 Å². The summed E-state index contributed by atoms with van der Waals surface area (Å²) in [4.78, 5) is 22.5. The van der Waals surface area contributed by atoms with Crippen molar-refractivity contribution in [2.75, 3.05) is 7.11 Å². The van der Waals surface area contributed by atoms with Crippen molar-refractivity contribution >= 4 is 45.4 Å². The standard InChI is InChI=1S/C14H14ClN3O3S/c1-8(9-3-5-10(21-2)6-4-9)17-18-14-16-13(20)11(22-14)7-12(15)19/h3-6,11H,7H2,1-2H3,(H,16,18,20)/b17-8+. The average Bonchev–Trinajstić information content (AvgIpc) is 2.84. The normalized spacial score (nSPS) is 20.1. The van der Waals surface area contributed by atoms with Crippen molar-refractivity contribution in [3.8, 4) is 5.75 Å². The summed E-state index contributed by atoms with van der Waals surface area (Å²) in [5, 5.41) is 9.93. The summed E-state index contributed by atoms with van der Waals surface area (Å²) in [6.45, 7) is 1.81. The van der Waals surface area contributed by atoms with Gasteiger partial charge in [0.15, 0.2) is 5.17 Å². The molecule has 8 heteroatoms. The van der Waals surface area contributed by atoms with Crippen LogP contribution in [0.4, 0.5) is 0 Å². The third kappa shape index (κ3) is 4.32. The number of carbonyl (C=O) groups is 2. The molecule has 2 rings (SSSR count). The molecule has 22 heavy (non-hydrogen) atoms. The predicted octanol–water partition coefficient (Wildman–Crippen LogP) is 2.16. The molecule has 0 aliphatic carbocycles. The highest BCUT2D eigenvalue weighted by Crippen LogP contribution is 2.23. The molecule has 0 aromatic heterocycles. The van der Waals surface area contributed by atoms with E-state index in [0.29, 0.717) is 10.9 Å². The molecule has 1 heterocycles. The highest BCUT2D eigenvalue weighted by molar-refractivity contribution is 8.15. The Labute approximate surface area is 137 Å². The molecule has 1 aliphatic rings. The Morgan fingerprint density at radius 1 is 1.41 bits per heavy atom. The summed E-state index contributed by atoms with van der Waals surface area (Å²) in [5.74, 6) is 0.477. The maximum Gasteiger partial charge on any atom is 0.240 e. The molecule has 1 saturated heterocycles. The van der Waals surface area contributed by atoms with Gasteiger partial charge >= 0.3 is 0 Å². The van der Waals surface area contributed by atoms with E-state index in [4.69, 9.17) is 16.3 Å². The first-order chi connectivity index (χ1) is 10.5. The highest BCUT2D eigenvalue weighted by Gasteiger charge is 2.31. The first kappa shape index (κ1) is 16.5. The summed E-state index contributed by atoms with van der Waals surface area (Å²) in [5.41, 5.74) is 1.59. The average molecular weight is 340 g/mol. The fourth-order valence-corrected chi connectivity index (χ4v) is 2.91. The van der Waals surface area contributed by atoms with Gasteiger partial charge in [-0.15, -0.1) is 5.10 Å². The molecule has 1 aromatic rings. The van der Waals surface area contributed by atoms with Crippen LogP contribution in [-0.4, -0.2) is 34.4 Å². The van der Waals surface area contributed by atoms with Crippen molar-refractivity contribution in [2.24, 2.45) is 10.2 Å². The van der Waals surface area contributed by atoms with Gasteiger partial charge in [0.25, 0.3) is 0 Å². The summed E-state index contributed by atoms with van der Waals surface area (Å²) in [7, 11) is 1.60. The van der Waals surface area contributed by atoms with E-state index in [2.05, 4.69) is 15.5 Å². The molecule has 0 radical (unpaired) electrons. The third-order valence-corrected chi connectivity index (χ3v) is 4.15. The molecule has 1 aliphatic heterocycles. The van der Waals surface area contributed by atoms with Gasteiger partial charge < -0.3 is 10.1 Å². The van der Waals surface area contributed by atoms with E-state index in [1.54, 1.807) is 7.11 Å². The predicted molar refractivity (Wildman–Crippen MR) is 87.6 cm³/mol. The van der Waals surface area contributed by atoms with Gasteiger partial charge in [-0.25, -0.2) is 0 Å². The van der Waals surface area contributed by atoms with Gasteiger partial charge in [-0.1, -0.05) is 11.8 Å². The molecule has 1 amide bonds. The number of rotatable bonds is 5. The van der Waals surface area contributed by atoms with E-state index in [-0.39, 0.29) is 12.3 Å². The lowest BCUT2D eigenvalue weighted by Gasteiger charge is -2.01. The highest BCUT2D eigenvalue weighted by atomic mass is 35.5. The Balaban J connectivity index is 2.06. The molecule has 0 bridgehead atoms. The summed E-state index contributed by atoms with van der Waals surface area (Å²) in [6.07, 6.45) is -0.0295. The zero-order valence-electron chi connectivity index (χ0n) is 12.0. The van der Waals surface area contributed by atoms with Gasteiger partial charge in [-0.3, -0.25) is 9.59 Å². The smallest absolute Gasteiger partial charge is 0.240 e. The minimum absolute atomic E-state index is 0.0295. The van der Waals surface area contributed by atoms with Crippen molar-refractivity contribution in [2.45, 2.75) is 18.6 Å². The zero-order chi connectivity index (χ0) is 16.1. The number of methoxy groups -OCH3 is 1. The van der Waals surface area contributed by atoms with Crippen molar-refractivity contribution in [3.05, 3.63) is 29.8 Å². The maximum absolute atomic E-state index is 11.6. The number of halogens is 1. The second kappa shape index (κ2) is 7.42. The molecule has 0 spiro atoms. The molecule has 1 fully saturated rings.